The summed E-state index contributed by atoms with van der Waals surface area (Å²) in [7, 11) is 0. The molecule has 0 N–H and O–H groups in total. The van der Waals surface area contributed by atoms with Crippen molar-refractivity contribution < 1.29 is 4.39 Å². The van der Waals surface area contributed by atoms with E-state index in [0.29, 0.717) is 0 Å². The van der Waals surface area contributed by atoms with Crippen LogP contribution in [0.4, 0.5) is 4.39 Å². The molecule has 1 heterocycles. The summed E-state index contributed by atoms with van der Waals surface area (Å²) >= 11 is 1.55. The second kappa shape index (κ2) is 4.24. The van der Waals surface area contributed by atoms with Crippen molar-refractivity contribution in [3.05, 3.63) is 51.7 Å². The SMILES string of the molecule is Cc1cnc(C#Cc2ccc(F)cc2)s1. The Hall–Kier alpha value is -1.66. The molecule has 2 aromatic rings. The lowest BCUT2D eigenvalue weighted by Gasteiger charge is -1.88. The summed E-state index contributed by atoms with van der Waals surface area (Å²) in [5.41, 5.74) is 0.796. The van der Waals surface area contributed by atoms with E-state index in [-0.39, 0.29) is 5.82 Å². The van der Waals surface area contributed by atoms with Crippen LogP contribution in [0.3, 0.4) is 0 Å². The fourth-order valence-corrected chi connectivity index (χ4v) is 1.69. The number of halogens is 1. The number of rotatable bonds is 0. The molecule has 1 aromatic carbocycles. The molecule has 3 heteroatoms. The third-order valence-electron chi connectivity index (χ3n) is 1.78. The number of aryl methyl sites for hydroxylation is 1. The molecule has 0 aliphatic rings. The summed E-state index contributed by atoms with van der Waals surface area (Å²) in [6, 6.07) is 6.11. The zero-order valence-electron chi connectivity index (χ0n) is 8.12. The Bertz CT molecular complexity index is 517. The Morgan fingerprint density at radius 2 is 1.93 bits per heavy atom. The van der Waals surface area contributed by atoms with Gasteiger partial charge in [0.25, 0.3) is 0 Å². The van der Waals surface area contributed by atoms with Gasteiger partial charge in [-0.25, -0.2) is 9.37 Å². The van der Waals surface area contributed by atoms with Crippen LogP contribution in [0.15, 0.2) is 30.5 Å². The maximum atomic E-state index is 12.6. The Balaban J connectivity index is 2.22. The van der Waals surface area contributed by atoms with E-state index in [4.69, 9.17) is 0 Å². The highest BCUT2D eigenvalue weighted by Gasteiger charge is 1.93. The number of hydrogen-bond acceptors (Lipinski definition) is 2. The van der Waals surface area contributed by atoms with Gasteiger partial charge in [-0.15, -0.1) is 11.3 Å². The molecular weight excluding hydrogens is 209 g/mol. The van der Waals surface area contributed by atoms with E-state index in [2.05, 4.69) is 16.8 Å². The fourth-order valence-electron chi connectivity index (χ4n) is 1.07. The first-order valence-electron chi connectivity index (χ1n) is 4.44. The van der Waals surface area contributed by atoms with Crippen LogP contribution in [-0.2, 0) is 0 Å². The first-order chi connectivity index (χ1) is 7.24. The number of thiazole rings is 1. The van der Waals surface area contributed by atoms with Gasteiger partial charge in [-0.3, -0.25) is 0 Å². The quantitative estimate of drug-likeness (QED) is 0.618. The van der Waals surface area contributed by atoms with E-state index in [1.165, 1.54) is 12.1 Å². The van der Waals surface area contributed by atoms with Crippen LogP contribution in [0.25, 0.3) is 0 Å². The second-order valence-electron chi connectivity index (χ2n) is 3.03. The minimum absolute atomic E-state index is 0.245. The van der Waals surface area contributed by atoms with E-state index in [9.17, 15) is 4.39 Å². The molecule has 0 fully saturated rings. The van der Waals surface area contributed by atoms with Crippen LogP contribution in [-0.4, -0.2) is 4.98 Å². The Kier molecular flexibility index (Phi) is 2.79. The third kappa shape index (κ3) is 2.64. The van der Waals surface area contributed by atoms with E-state index < -0.39 is 0 Å². The molecule has 1 nitrogen and oxygen atoms in total. The number of nitrogens with zero attached hydrogens (tertiary/aromatic N) is 1. The molecule has 0 amide bonds. The van der Waals surface area contributed by atoms with Crippen molar-refractivity contribution >= 4 is 11.3 Å². The molecule has 0 atom stereocenters. The highest BCUT2D eigenvalue weighted by atomic mass is 32.1. The van der Waals surface area contributed by atoms with Crippen LogP contribution in [0.2, 0.25) is 0 Å². The van der Waals surface area contributed by atoms with Gasteiger partial charge in [-0.05, 0) is 37.1 Å². The van der Waals surface area contributed by atoms with Crippen molar-refractivity contribution in [2.24, 2.45) is 0 Å². The topological polar surface area (TPSA) is 12.9 Å². The van der Waals surface area contributed by atoms with E-state index in [0.717, 1.165) is 15.4 Å². The number of hydrogen-bond donors (Lipinski definition) is 0. The maximum Gasteiger partial charge on any atom is 0.167 e. The predicted molar refractivity (Wildman–Crippen MR) is 59.2 cm³/mol. The summed E-state index contributed by atoms with van der Waals surface area (Å²) in [5.74, 6) is 5.62. The molecule has 0 aliphatic carbocycles. The lowest BCUT2D eigenvalue weighted by atomic mass is 10.2. The lowest BCUT2D eigenvalue weighted by Crippen LogP contribution is -1.76. The van der Waals surface area contributed by atoms with Crippen molar-refractivity contribution in [2.75, 3.05) is 0 Å². The summed E-state index contributed by atoms with van der Waals surface area (Å²) in [4.78, 5) is 5.26. The van der Waals surface area contributed by atoms with Gasteiger partial charge >= 0.3 is 0 Å². The average molecular weight is 217 g/mol. The van der Waals surface area contributed by atoms with Crippen LogP contribution >= 0.6 is 11.3 Å². The average Bonchev–Trinajstić information content (AvgIpc) is 2.64. The molecule has 1 aromatic heterocycles. The van der Waals surface area contributed by atoms with Crippen LogP contribution in [0.1, 0.15) is 15.4 Å². The molecular formula is C12H8FNS. The van der Waals surface area contributed by atoms with E-state index >= 15 is 0 Å². The summed E-state index contributed by atoms with van der Waals surface area (Å²) < 4.78 is 12.6. The maximum absolute atomic E-state index is 12.6. The largest absolute Gasteiger partial charge is 0.236 e. The van der Waals surface area contributed by atoms with Gasteiger partial charge in [0.1, 0.15) is 5.82 Å². The number of aromatic nitrogens is 1. The molecule has 0 bridgehead atoms. The Morgan fingerprint density at radius 1 is 1.20 bits per heavy atom. The Morgan fingerprint density at radius 3 is 2.53 bits per heavy atom. The molecule has 0 saturated carbocycles. The van der Waals surface area contributed by atoms with Crippen LogP contribution in [0, 0.1) is 24.6 Å². The zero-order valence-corrected chi connectivity index (χ0v) is 8.94. The third-order valence-corrected chi connectivity index (χ3v) is 2.61. The van der Waals surface area contributed by atoms with Gasteiger partial charge in [0, 0.05) is 16.6 Å². The molecule has 0 saturated heterocycles. The molecule has 15 heavy (non-hydrogen) atoms. The molecule has 2 rings (SSSR count). The lowest BCUT2D eigenvalue weighted by molar-refractivity contribution is 0.627. The van der Waals surface area contributed by atoms with Gasteiger partial charge in [0.2, 0.25) is 0 Å². The van der Waals surface area contributed by atoms with Gasteiger partial charge in [-0.1, -0.05) is 5.92 Å². The van der Waals surface area contributed by atoms with Crippen molar-refractivity contribution in [2.45, 2.75) is 6.92 Å². The molecule has 0 radical (unpaired) electrons. The minimum Gasteiger partial charge on any atom is -0.236 e. The smallest absolute Gasteiger partial charge is 0.167 e. The molecule has 0 spiro atoms. The predicted octanol–water partition coefficient (Wildman–Crippen LogP) is 2.99. The molecule has 0 aliphatic heterocycles. The van der Waals surface area contributed by atoms with Gasteiger partial charge < -0.3 is 0 Å². The van der Waals surface area contributed by atoms with E-state index in [1.807, 2.05) is 6.92 Å². The fraction of sp³-hybridized carbons (Fsp3) is 0.0833. The monoisotopic (exact) mass is 217 g/mol. The summed E-state index contributed by atoms with van der Waals surface area (Å²) in [6.07, 6.45) is 1.79. The normalized spacial score (nSPS) is 9.47. The Labute approximate surface area is 91.6 Å². The highest BCUT2D eigenvalue weighted by Crippen LogP contribution is 2.09. The molecule has 0 unspecified atom stereocenters. The first-order valence-corrected chi connectivity index (χ1v) is 5.26. The van der Waals surface area contributed by atoms with Crippen molar-refractivity contribution in [1.29, 1.82) is 0 Å². The standard InChI is InChI=1S/C12H8FNS/c1-9-8-14-12(15-9)7-4-10-2-5-11(13)6-3-10/h2-3,5-6,8H,1H3. The zero-order chi connectivity index (χ0) is 10.7. The summed E-state index contributed by atoms with van der Waals surface area (Å²) in [5, 5.41) is 0.789. The van der Waals surface area contributed by atoms with E-state index in [1.54, 1.807) is 29.7 Å². The minimum atomic E-state index is -0.245. The molecule has 74 valence electrons. The van der Waals surface area contributed by atoms with Crippen LogP contribution < -0.4 is 0 Å². The highest BCUT2D eigenvalue weighted by molar-refractivity contribution is 7.12. The number of benzene rings is 1. The van der Waals surface area contributed by atoms with Crippen molar-refractivity contribution in [3.8, 4) is 11.8 Å². The van der Waals surface area contributed by atoms with Gasteiger partial charge in [0.05, 0.1) is 0 Å². The summed E-state index contributed by atoms with van der Waals surface area (Å²) in [6.45, 7) is 1.99. The first kappa shape index (κ1) is 9.88. The van der Waals surface area contributed by atoms with Crippen molar-refractivity contribution in [1.82, 2.24) is 4.98 Å². The van der Waals surface area contributed by atoms with Crippen LogP contribution in [0.5, 0.6) is 0 Å². The second-order valence-corrected chi connectivity index (χ2v) is 4.27. The van der Waals surface area contributed by atoms with Crippen molar-refractivity contribution in [3.63, 3.8) is 0 Å². The van der Waals surface area contributed by atoms with Gasteiger partial charge in [0.15, 0.2) is 5.01 Å². The van der Waals surface area contributed by atoms with Gasteiger partial charge in [-0.2, -0.15) is 0 Å².